The summed E-state index contributed by atoms with van der Waals surface area (Å²) in [5, 5.41) is 11.1. The van der Waals surface area contributed by atoms with Crippen molar-refractivity contribution in [2.75, 3.05) is 12.4 Å². The van der Waals surface area contributed by atoms with E-state index < -0.39 is 6.10 Å². The quantitative estimate of drug-likeness (QED) is 0.565. The Bertz CT molecular complexity index is 654. The maximum atomic E-state index is 11.2. The molecule has 0 fully saturated rings. The fraction of sp³-hybridized carbons (Fsp3) is 0.235. The van der Waals surface area contributed by atoms with Crippen molar-refractivity contribution < 1.29 is 14.6 Å². The minimum atomic E-state index is -0.667. The Morgan fingerprint density at radius 2 is 1.78 bits per heavy atom. The molecular formula is C17H16Cl2O3S. The van der Waals surface area contributed by atoms with Crippen LogP contribution in [0.5, 0.6) is 5.75 Å². The minimum absolute atomic E-state index is 0.00426. The van der Waals surface area contributed by atoms with E-state index in [2.05, 4.69) is 0 Å². The number of hydrogen-bond donors (Lipinski definition) is 1. The third-order valence-corrected chi connectivity index (χ3v) is 5.18. The molecule has 6 heteroatoms. The highest BCUT2D eigenvalue weighted by Gasteiger charge is 2.11. The molecule has 23 heavy (non-hydrogen) atoms. The lowest BCUT2D eigenvalue weighted by Gasteiger charge is -2.13. The Labute approximate surface area is 149 Å². The number of benzene rings is 2. The van der Waals surface area contributed by atoms with Crippen LogP contribution in [0.2, 0.25) is 10.0 Å². The summed E-state index contributed by atoms with van der Waals surface area (Å²) >= 11 is 13.5. The molecule has 2 rings (SSSR count). The molecule has 0 aromatic heterocycles. The number of aliphatic hydroxyl groups is 1. The number of ketones is 1. The number of ether oxygens (including phenoxy) is 1. The summed E-state index contributed by atoms with van der Waals surface area (Å²) in [6.07, 6.45) is -0.667. The Morgan fingerprint density at radius 3 is 2.35 bits per heavy atom. The monoisotopic (exact) mass is 370 g/mol. The molecule has 1 atom stereocenters. The number of carbonyl (C=O) groups excluding carboxylic acids is 1. The predicted molar refractivity (Wildman–Crippen MR) is 95.1 cm³/mol. The van der Waals surface area contributed by atoms with Crippen LogP contribution in [0.25, 0.3) is 0 Å². The molecule has 3 nitrogen and oxygen atoms in total. The van der Waals surface area contributed by atoms with Crippen molar-refractivity contribution in [3.8, 4) is 5.75 Å². The summed E-state index contributed by atoms with van der Waals surface area (Å²) in [5.74, 6) is 1.02. The van der Waals surface area contributed by atoms with Crippen LogP contribution in [-0.4, -0.2) is 29.4 Å². The minimum Gasteiger partial charge on any atom is -0.491 e. The van der Waals surface area contributed by atoms with Gasteiger partial charge >= 0.3 is 0 Å². The fourth-order valence-electron chi connectivity index (χ4n) is 1.83. The van der Waals surface area contributed by atoms with E-state index in [9.17, 15) is 9.90 Å². The molecule has 122 valence electrons. The Balaban J connectivity index is 1.83. The van der Waals surface area contributed by atoms with Gasteiger partial charge in [0.2, 0.25) is 0 Å². The summed E-state index contributed by atoms with van der Waals surface area (Å²) in [4.78, 5) is 11.9. The highest BCUT2D eigenvalue weighted by Crippen LogP contribution is 2.34. The van der Waals surface area contributed by atoms with Gasteiger partial charge < -0.3 is 9.84 Å². The normalized spacial score (nSPS) is 12.0. The van der Waals surface area contributed by atoms with Crippen LogP contribution in [0.4, 0.5) is 0 Å². The second kappa shape index (κ2) is 8.60. The number of hydrogen-bond acceptors (Lipinski definition) is 4. The molecule has 0 amide bonds. The van der Waals surface area contributed by atoms with Crippen molar-refractivity contribution in [2.24, 2.45) is 0 Å². The van der Waals surface area contributed by atoms with Crippen LogP contribution in [0, 0.1) is 0 Å². The first-order chi connectivity index (χ1) is 11.0. The molecular weight excluding hydrogens is 355 g/mol. The Hall–Kier alpha value is -1.20. The van der Waals surface area contributed by atoms with Crippen molar-refractivity contribution in [2.45, 2.75) is 17.9 Å². The van der Waals surface area contributed by atoms with Crippen LogP contribution >= 0.6 is 35.0 Å². The highest BCUT2D eigenvalue weighted by molar-refractivity contribution is 7.99. The van der Waals surface area contributed by atoms with E-state index in [1.165, 1.54) is 18.7 Å². The first-order valence-corrected chi connectivity index (χ1v) is 8.70. The smallest absolute Gasteiger partial charge is 0.159 e. The van der Waals surface area contributed by atoms with Crippen LogP contribution in [-0.2, 0) is 0 Å². The standard InChI is InChI=1S/C17H16Cl2O3S/c1-11(20)12-5-7-14(8-6-12)22-9-13(21)10-23-17-15(18)3-2-4-16(17)19/h2-8,13,21H,9-10H2,1H3. The first kappa shape index (κ1) is 18.1. The van der Waals surface area contributed by atoms with Gasteiger partial charge in [0, 0.05) is 16.2 Å². The summed E-state index contributed by atoms with van der Waals surface area (Å²) in [7, 11) is 0. The van der Waals surface area contributed by atoms with E-state index in [0.29, 0.717) is 27.1 Å². The lowest BCUT2D eigenvalue weighted by Crippen LogP contribution is -2.20. The van der Waals surface area contributed by atoms with Gasteiger partial charge in [-0.25, -0.2) is 0 Å². The van der Waals surface area contributed by atoms with Crippen LogP contribution < -0.4 is 4.74 Å². The number of thioether (sulfide) groups is 1. The number of Topliss-reactive ketones (excluding diaryl/α,β-unsaturated/α-hetero) is 1. The van der Waals surface area contributed by atoms with Gasteiger partial charge in [-0.1, -0.05) is 29.3 Å². The average molecular weight is 371 g/mol. The van der Waals surface area contributed by atoms with Crippen LogP contribution in [0.3, 0.4) is 0 Å². The number of rotatable bonds is 7. The van der Waals surface area contributed by atoms with E-state index in [-0.39, 0.29) is 12.4 Å². The van der Waals surface area contributed by atoms with Crippen molar-refractivity contribution in [1.82, 2.24) is 0 Å². The van der Waals surface area contributed by atoms with E-state index in [0.717, 1.165) is 4.90 Å². The summed E-state index contributed by atoms with van der Waals surface area (Å²) < 4.78 is 5.51. The summed E-state index contributed by atoms with van der Waals surface area (Å²) in [6.45, 7) is 1.66. The molecule has 0 aliphatic heterocycles. The van der Waals surface area contributed by atoms with E-state index in [1.807, 2.05) is 0 Å². The molecule has 2 aromatic rings. The second-order valence-corrected chi connectivity index (χ2v) is 6.75. The first-order valence-electron chi connectivity index (χ1n) is 6.96. The molecule has 1 unspecified atom stereocenters. The molecule has 1 N–H and O–H groups in total. The second-order valence-electron chi connectivity index (χ2n) is 4.91. The largest absolute Gasteiger partial charge is 0.491 e. The number of halogens is 2. The Morgan fingerprint density at radius 1 is 1.17 bits per heavy atom. The zero-order chi connectivity index (χ0) is 16.8. The maximum absolute atomic E-state index is 11.2. The molecule has 0 saturated carbocycles. The molecule has 0 saturated heterocycles. The molecule has 0 radical (unpaired) electrons. The molecule has 0 aliphatic carbocycles. The Kier molecular flexibility index (Phi) is 6.78. The van der Waals surface area contributed by atoms with Gasteiger partial charge in [0.1, 0.15) is 12.4 Å². The van der Waals surface area contributed by atoms with Gasteiger partial charge in [-0.15, -0.1) is 11.8 Å². The average Bonchev–Trinajstić information content (AvgIpc) is 2.53. The van der Waals surface area contributed by atoms with E-state index in [4.69, 9.17) is 27.9 Å². The van der Waals surface area contributed by atoms with Gasteiger partial charge in [-0.3, -0.25) is 4.79 Å². The molecule has 0 spiro atoms. The summed E-state index contributed by atoms with van der Waals surface area (Å²) in [6, 6.07) is 12.1. The number of aliphatic hydroxyl groups excluding tert-OH is 1. The molecule has 0 heterocycles. The van der Waals surface area contributed by atoms with Crippen molar-refractivity contribution >= 4 is 40.7 Å². The highest BCUT2D eigenvalue weighted by atomic mass is 35.5. The van der Waals surface area contributed by atoms with Gasteiger partial charge in [0.15, 0.2) is 5.78 Å². The zero-order valence-corrected chi connectivity index (χ0v) is 14.8. The maximum Gasteiger partial charge on any atom is 0.159 e. The lowest BCUT2D eigenvalue weighted by molar-refractivity contribution is 0.101. The predicted octanol–water partition coefficient (Wildman–Crippen LogP) is 4.73. The fourth-order valence-corrected chi connectivity index (χ4v) is 3.42. The zero-order valence-electron chi connectivity index (χ0n) is 12.5. The van der Waals surface area contributed by atoms with Gasteiger partial charge in [-0.05, 0) is 43.3 Å². The van der Waals surface area contributed by atoms with Gasteiger partial charge in [0.05, 0.1) is 16.1 Å². The van der Waals surface area contributed by atoms with E-state index in [1.54, 1.807) is 42.5 Å². The van der Waals surface area contributed by atoms with Gasteiger partial charge in [0.25, 0.3) is 0 Å². The molecule has 0 bridgehead atoms. The van der Waals surface area contributed by atoms with Crippen molar-refractivity contribution in [3.63, 3.8) is 0 Å². The lowest BCUT2D eigenvalue weighted by atomic mass is 10.1. The third kappa shape index (κ3) is 5.43. The summed E-state index contributed by atoms with van der Waals surface area (Å²) in [5.41, 5.74) is 0.627. The topological polar surface area (TPSA) is 46.5 Å². The van der Waals surface area contributed by atoms with E-state index >= 15 is 0 Å². The van der Waals surface area contributed by atoms with Crippen LogP contribution in [0.1, 0.15) is 17.3 Å². The SMILES string of the molecule is CC(=O)c1ccc(OCC(O)CSc2c(Cl)cccc2Cl)cc1. The number of carbonyl (C=O) groups is 1. The van der Waals surface area contributed by atoms with Crippen LogP contribution in [0.15, 0.2) is 47.4 Å². The molecule has 0 aliphatic rings. The van der Waals surface area contributed by atoms with Crippen molar-refractivity contribution in [3.05, 3.63) is 58.1 Å². The van der Waals surface area contributed by atoms with Gasteiger partial charge in [-0.2, -0.15) is 0 Å². The third-order valence-electron chi connectivity index (χ3n) is 3.04. The molecule has 2 aromatic carbocycles. The van der Waals surface area contributed by atoms with Crippen molar-refractivity contribution in [1.29, 1.82) is 0 Å².